The van der Waals surface area contributed by atoms with Crippen molar-refractivity contribution in [2.45, 2.75) is 12.5 Å². The smallest absolute Gasteiger partial charge is 0.123 e. The predicted molar refractivity (Wildman–Crippen MR) is 51.4 cm³/mol. The van der Waals surface area contributed by atoms with Crippen LogP contribution in [-0.2, 0) is 0 Å². The average molecular weight is 195 g/mol. The molecule has 1 N–H and O–H groups in total. The maximum atomic E-state index is 12.5. The van der Waals surface area contributed by atoms with E-state index in [1.54, 1.807) is 0 Å². The molecule has 1 aromatic carbocycles. The van der Waals surface area contributed by atoms with Crippen molar-refractivity contribution in [1.82, 2.24) is 0 Å². The van der Waals surface area contributed by atoms with Crippen LogP contribution in [0.1, 0.15) is 6.92 Å². The normalized spacial score (nSPS) is 14.5. The van der Waals surface area contributed by atoms with Crippen LogP contribution in [0.3, 0.4) is 0 Å². The molecule has 1 radical (unpaired) electrons. The summed E-state index contributed by atoms with van der Waals surface area (Å²) in [5.41, 5.74) is -1.17. The zero-order valence-electron chi connectivity index (χ0n) is 7.90. The molecular formula is C11H12FO2. The molecule has 0 fully saturated rings. The molecule has 0 saturated carbocycles. The van der Waals surface area contributed by atoms with Gasteiger partial charge in [-0.3, -0.25) is 0 Å². The summed E-state index contributed by atoms with van der Waals surface area (Å²) in [6.45, 7) is 6.74. The van der Waals surface area contributed by atoms with Crippen molar-refractivity contribution in [3.8, 4) is 5.75 Å². The number of rotatable bonds is 4. The molecule has 0 aliphatic rings. The molecule has 2 nitrogen and oxygen atoms in total. The molecule has 14 heavy (non-hydrogen) atoms. The minimum Gasteiger partial charge on any atom is -0.490 e. The molecule has 0 saturated heterocycles. The molecule has 75 valence electrons. The van der Waals surface area contributed by atoms with Crippen LogP contribution in [0.4, 0.5) is 4.39 Å². The molecule has 0 heterocycles. The van der Waals surface area contributed by atoms with Gasteiger partial charge in [-0.25, -0.2) is 4.39 Å². The van der Waals surface area contributed by atoms with Gasteiger partial charge in [-0.15, -0.1) is 0 Å². The van der Waals surface area contributed by atoms with Gasteiger partial charge in [0.15, 0.2) is 0 Å². The summed E-state index contributed by atoms with van der Waals surface area (Å²) < 4.78 is 17.7. The summed E-state index contributed by atoms with van der Waals surface area (Å²) >= 11 is 0. The zero-order chi connectivity index (χ0) is 10.6. The Bertz CT molecular complexity index is 304. The van der Waals surface area contributed by atoms with Crippen molar-refractivity contribution in [2.24, 2.45) is 0 Å². The Labute approximate surface area is 82.6 Å². The fourth-order valence-corrected chi connectivity index (χ4v) is 0.808. The lowest BCUT2D eigenvalue weighted by molar-refractivity contribution is 0.0544. The largest absolute Gasteiger partial charge is 0.490 e. The van der Waals surface area contributed by atoms with Gasteiger partial charge < -0.3 is 9.84 Å². The first-order valence-electron chi connectivity index (χ1n) is 4.20. The van der Waals surface area contributed by atoms with Crippen LogP contribution >= 0.6 is 0 Å². The summed E-state index contributed by atoms with van der Waals surface area (Å²) in [6, 6.07) is 5.55. The second-order valence-electron chi connectivity index (χ2n) is 3.27. The Morgan fingerprint density at radius 3 is 2.57 bits per heavy atom. The van der Waals surface area contributed by atoms with E-state index in [1.165, 1.54) is 31.2 Å². The predicted octanol–water partition coefficient (Wildman–Crippen LogP) is 1.94. The number of hydrogen-bond donors (Lipinski definition) is 1. The van der Waals surface area contributed by atoms with E-state index in [1.807, 2.05) is 0 Å². The minimum atomic E-state index is -1.17. The second-order valence-corrected chi connectivity index (χ2v) is 3.27. The van der Waals surface area contributed by atoms with Crippen molar-refractivity contribution in [3.05, 3.63) is 42.7 Å². The highest BCUT2D eigenvalue weighted by molar-refractivity contribution is 5.22. The van der Waals surface area contributed by atoms with E-state index in [2.05, 4.69) is 0 Å². The van der Waals surface area contributed by atoms with Crippen molar-refractivity contribution in [2.75, 3.05) is 6.61 Å². The molecule has 1 unspecified atom stereocenters. The van der Waals surface area contributed by atoms with E-state index in [4.69, 9.17) is 11.3 Å². The number of benzene rings is 1. The maximum absolute atomic E-state index is 12.5. The van der Waals surface area contributed by atoms with E-state index in [0.29, 0.717) is 5.75 Å². The van der Waals surface area contributed by atoms with Gasteiger partial charge in [0.2, 0.25) is 0 Å². The Morgan fingerprint density at radius 1 is 1.50 bits per heavy atom. The third-order valence-electron chi connectivity index (χ3n) is 1.70. The Balaban J connectivity index is 2.54. The van der Waals surface area contributed by atoms with E-state index in [0.717, 1.165) is 6.08 Å². The monoisotopic (exact) mass is 195 g/mol. The molecule has 1 aromatic rings. The quantitative estimate of drug-likeness (QED) is 0.795. The summed E-state index contributed by atoms with van der Waals surface area (Å²) in [7, 11) is 0. The van der Waals surface area contributed by atoms with Crippen molar-refractivity contribution < 1.29 is 14.2 Å². The lowest BCUT2D eigenvalue weighted by atomic mass is 10.1. The Morgan fingerprint density at radius 2 is 2.07 bits per heavy atom. The maximum Gasteiger partial charge on any atom is 0.123 e. The fourth-order valence-electron chi connectivity index (χ4n) is 0.808. The first-order valence-corrected chi connectivity index (χ1v) is 4.20. The third-order valence-corrected chi connectivity index (χ3v) is 1.70. The van der Waals surface area contributed by atoms with Crippen LogP contribution in [-0.4, -0.2) is 17.3 Å². The van der Waals surface area contributed by atoms with Crippen LogP contribution in [0.25, 0.3) is 0 Å². The van der Waals surface area contributed by atoms with Crippen molar-refractivity contribution in [3.63, 3.8) is 0 Å². The summed E-state index contributed by atoms with van der Waals surface area (Å²) in [5.74, 6) is 0.169. The molecule has 0 amide bonds. The van der Waals surface area contributed by atoms with Crippen LogP contribution < -0.4 is 4.74 Å². The molecule has 0 spiro atoms. The van der Waals surface area contributed by atoms with Gasteiger partial charge in [0, 0.05) is 0 Å². The van der Waals surface area contributed by atoms with Crippen LogP contribution in [0.2, 0.25) is 0 Å². The Hall–Kier alpha value is -1.35. The molecular weight excluding hydrogens is 183 g/mol. The highest BCUT2D eigenvalue weighted by Crippen LogP contribution is 2.13. The standard InChI is InChI=1S/C11H12FO2/c1-3-11(2,13)8-14-10-6-4-9(12)5-7-10/h1,3-7,13H,8H2,2H3. The third kappa shape index (κ3) is 3.18. The summed E-state index contributed by atoms with van der Waals surface area (Å²) in [5, 5.41) is 9.46. The van der Waals surface area contributed by atoms with Gasteiger partial charge in [-0.05, 0) is 31.2 Å². The van der Waals surface area contributed by atoms with E-state index >= 15 is 0 Å². The van der Waals surface area contributed by atoms with Crippen molar-refractivity contribution >= 4 is 0 Å². The van der Waals surface area contributed by atoms with E-state index in [-0.39, 0.29) is 12.4 Å². The van der Waals surface area contributed by atoms with Gasteiger partial charge in [-0.2, -0.15) is 0 Å². The van der Waals surface area contributed by atoms with Gasteiger partial charge in [0.1, 0.15) is 23.8 Å². The Kier molecular flexibility index (Phi) is 3.25. The van der Waals surface area contributed by atoms with Gasteiger partial charge in [-0.1, -0.05) is 12.7 Å². The van der Waals surface area contributed by atoms with Crippen molar-refractivity contribution in [1.29, 1.82) is 0 Å². The molecule has 3 heteroatoms. The lowest BCUT2D eigenvalue weighted by Gasteiger charge is -2.18. The number of aliphatic hydroxyl groups is 1. The van der Waals surface area contributed by atoms with Gasteiger partial charge >= 0.3 is 0 Å². The molecule has 0 aliphatic carbocycles. The van der Waals surface area contributed by atoms with Crippen LogP contribution in [0.5, 0.6) is 5.75 Å². The summed E-state index contributed by atoms with van der Waals surface area (Å²) in [4.78, 5) is 0. The fraction of sp³-hybridized carbons (Fsp3) is 0.273. The highest BCUT2D eigenvalue weighted by atomic mass is 19.1. The number of halogens is 1. The minimum absolute atomic E-state index is 0.0368. The highest BCUT2D eigenvalue weighted by Gasteiger charge is 2.15. The molecule has 0 aliphatic heterocycles. The SMILES string of the molecule is [CH]=CC(C)(O)COc1ccc(F)cc1. The zero-order valence-corrected chi connectivity index (χ0v) is 7.90. The van der Waals surface area contributed by atoms with Gasteiger partial charge in [0.25, 0.3) is 0 Å². The van der Waals surface area contributed by atoms with E-state index in [9.17, 15) is 9.50 Å². The molecule has 1 rings (SSSR count). The van der Waals surface area contributed by atoms with Crippen LogP contribution in [0, 0.1) is 12.4 Å². The first kappa shape index (κ1) is 10.7. The number of ether oxygens (including phenoxy) is 1. The van der Waals surface area contributed by atoms with E-state index < -0.39 is 5.60 Å². The first-order chi connectivity index (χ1) is 6.53. The van der Waals surface area contributed by atoms with Crippen LogP contribution in [0.15, 0.2) is 30.3 Å². The summed E-state index contributed by atoms with van der Waals surface area (Å²) in [6.07, 6.45) is 1.15. The second kappa shape index (κ2) is 4.24. The molecule has 0 aromatic heterocycles. The topological polar surface area (TPSA) is 29.5 Å². The molecule has 1 atom stereocenters. The average Bonchev–Trinajstić information content (AvgIpc) is 2.17. The molecule has 0 bridgehead atoms. The number of hydrogen-bond acceptors (Lipinski definition) is 2. The van der Waals surface area contributed by atoms with Gasteiger partial charge in [0.05, 0.1) is 0 Å². The lowest BCUT2D eigenvalue weighted by Crippen LogP contribution is -2.29.